The molecule has 1 atom stereocenters. The number of hydrogen-bond acceptors (Lipinski definition) is 6. The second kappa shape index (κ2) is 7.36. The number of rotatable bonds is 5. The highest BCUT2D eigenvalue weighted by Gasteiger charge is 2.32. The van der Waals surface area contributed by atoms with Gasteiger partial charge in [0.15, 0.2) is 15.0 Å². The van der Waals surface area contributed by atoms with E-state index in [0.717, 1.165) is 33.8 Å². The molecule has 28 heavy (non-hydrogen) atoms. The van der Waals surface area contributed by atoms with Gasteiger partial charge in [-0.15, -0.1) is 10.2 Å². The fourth-order valence-electron chi connectivity index (χ4n) is 3.58. The summed E-state index contributed by atoms with van der Waals surface area (Å²) in [5.74, 6) is 1.92. The number of thioether (sulfide) groups is 1. The van der Waals surface area contributed by atoms with Crippen LogP contribution >= 0.6 is 11.8 Å². The normalized spacial score (nSPS) is 18.6. The van der Waals surface area contributed by atoms with Crippen molar-refractivity contribution in [3.63, 3.8) is 0 Å². The minimum absolute atomic E-state index is 0.0445. The molecule has 3 heterocycles. The van der Waals surface area contributed by atoms with E-state index >= 15 is 0 Å². The number of aromatic nitrogens is 5. The lowest BCUT2D eigenvalue weighted by atomic mass is 10.1. The van der Waals surface area contributed by atoms with Gasteiger partial charge >= 0.3 is 0 Å². The van der Waals surface area contributed by atoms with Crippen LogP contribution in [-0.2, 0) is 22.6 Å². The van der Waals surface area contributed by atoms with Crippen molar-refractivity contribution in [3.8, 4) is 5.69 Å². The first-order valence-electron chi connectivity index (χ1n) is 9.17. The predicted octanol–water partition coefficient (Wildman–Crippen LogP) is 2.81. The number of hydrogen-bond donors (Lipinski definition) is 0. The number of benzene rings is 1. The summed E-state index contributed by atoms with van der Waals surface area (Å²) in [4.78, 5) is 0. The minimum Gasteiger partial charge on any atom is -0.309 e. The molecule has 0 saturated carbocycles. The molecule has 0 radical (unpaired) electrons. The van der Waals surface area contributed by atoms with Gasteiger partial charge in [-0.1, -0.05) is 23.9 Å². The summed E-state index contributed by atoms with van der Waals surface area (Å²) in [6.07, 6.45) is 0.632. The first-order chi connectivity index (χ1) is 13.3. The standard InChI is InChI=1S/C19H23N5O2S2/c1-13-10-14(2)24(22-13)17-6-4-15(5-7-17)11-27-19-21-20-18(23(19)3)16-8-9-28(25,26)12-16/h4-7,10,16H,8-9,11-12H2,1-3H3. The maximum absolute atomic E-state index is 11.7. The molecule has 1 saturated heterocycles. The Kier molecular flexibility index (Phi) is 5.05. The van der Waals surface area contributed by atoms with E-state index in [4.69, 9.17) is 0 Å². The lowest BCUT2D eigenvalue weighted by molar-refractivity contribution is 0.599. The molecule has 3 aromatic rings. The van der Waals surface area contributed by atoms with E-state index in [-0.39, 0.29) is 17.4 Å². The molecule has 4 rings (SSSR count). The first-order valence-corrected chi connectivity index (χ1v) is 12.0. The molecule has 0 spiro atoms. The third kappa shape index (κ3) is 3.86. The molecule has 7 nitrogen and oxygen atoms in total. The number of sulfone groups is 1. The molecule has 0 aliphatic carbocycles. The molecule has 148 valence electrons. The van der Waals surface area contributed by atoms with Crippen LogP contribution in [0.1, 0.15) is 35.1 Å². The van der Waals surface area contributed by atoms with E-state index in [9.17, 15) is 8.42 Å². The highest BCUT2D eigenvalue weighted by Crippen LogP contribution is 2.30. The molecule has 0 N–H and O–H groups in total. The zero-order chi connectivity index (χ0) is 19.9. The summed E-state index contributed by atoms with van der Waals surface area (Å²) >= 11 is 1.61. The lowest BCUT2D eigenvalue weighted by Gasteiger charge is -2.08. The molecule has 9 heteroatoms. The van der Waals surface area contributed by atoms with Crippen LogP contribution in [-0.4, -0.2) is 44.5 Å². The van der Waals surface area contributed by atoms with Crippen LogP contribution in [0.4, 0.5) is 0 Å². The predicted molar refractivity (Wildman–Crippen MR) is 110 cm³/mol. The Morgan fingerprint density at radius 2 is 1.93 bits per heavy atom. The van der Waals surface area contributed by atoms with Crippen molar-refractivity contribution < 1.29 is 8.42 Å². The van der Waals surface area contributed by atoms with Gasteiger partial charge in [0.25, 0.3) is 0 Å². The molecule has 0 amide bonds. The van der Waals surface area contributed by atoms with E-state index in [1.165, 1.54) is 5.56 Å². The van der Waals surface area contributed by atoms with Gasteiger partial charge in [0, 0.05) is 24.4 Å². The van der Waals surface area contributed by atoms with Crippen molar-refractivity contribution in [3.05, 3.63) is 53.1 Å². The van der Waals surface area contributed by atoms with E-state index in [1.807, 2.05) is 30.1 Å². The largest absolute Gasteiger partial charge is 0.309 e. The van der Waals surface area contributed by atoms with Crippen LogP contribution in [0.25, 0.3) is 5.69 Å². The Morgan fingerprint density at radius 1 is 1.18 bits per heavy atom. The molecular weight excluding hydrogens is 394 g/mol. The Balaban J connectivity index is 1.43. The van der Waals surface area contributed by atoms with Crippen molar-refractivity contribution in [2.24, 2.45) is 7.05 Å². The molecular formula is C19H23N5O2S2. The van der Waals surface area contributed by atoms with Crippen LogP contribution < -0.4 is 0 Å². The third-order valence-electron chi connectivity index (χ3n) is 5.02. The summed E-state index contributed by atoms with van der Waals surface area (Å²) in [5, 5.41) is 13.8. The summed E-state index contributed by atoms with van der Waals surface area (Å²) in [6.45, 7) is 4.04. The smallest absolute Gasteiger partial charge is 0.191 e. The minimum atomic E-state index is -2.93. The quantitative estimate of drug-likeness (QED) is 0.594. The van der Waals surface area contributed by atoms with Gasteiger partial charge < -0.3 is 4.57 Å². The van der Waals surface area contributed by atoms with Crippen molar-refractivity contribution >= 4 is 21.6 Å². The molecule has 1 aliphatic heterocycles. The molecule has 1 unspecified atom stereocenters. The van der Waals surface area contributed by atoms with E-state index in [1.54, 1.807) is 11.8 Å². The summed E-state index contributed by atoms with van der Waals surface area (Å²) in [6, 6.07) is 10.4. The van der Waals surface area contributed by atoms with Gasteiger partial charge in [0.2, 0.25) is 0 Å². The van der Waals surface area contributed by atoms with Gasteiger partial charge in [-0.2, -0.15) is 5.10 Å². The highest BCUT2D eigenvalue weighted by molar-refractivity contribution is 7.98. The van der Waals surface area contributed by atoms with Gasteiger partial charge in [-0.05, 0) is 44.0 Å². The Morgan fingerprint density at radius 3 is 2.54 bits per heavy atom. The van der Waals surface area contributed by atoms with Crippen molar-refractivity contribution in [1.29, 1.82) is 0 Å². The van der Waals surface area contributed by atoms with Gasteiger partial charge in [0.05, 0.1) is 22.9 Å². The second-order valence-electron chi connectivity index (χ2n) is 7.29. The zero-order valence-corrected chi connectivity index (χ0v) is 17.8. The fourth-order valence-corrected chi connectivity index (χ4v) is 6.19. The highest BCUT2D eigenvalue weighted by atomic mass is 32.2. The molecule has 0 bridgehead atoms. The van der Waals surface area contributed by atoms with Crippen LogP contribution in [0.15, 0.2) is 35.5 Å². The maximum atomic E-state index is 11.7. The number of nitrogens with zero attached hydrogens (tertiary/aromatic N) is 5. The van der Waals surface area contributed by atoms with E-state index in [0.29, 0.717) is 6.42 Å². The van der Waals surface area contributed by atoms with Gasteiger partial charge in [0.1, 0.15) is 5.82 Å². The lowest BCUT2D eigenvalue weighted by Crippen LogP contribution is -2.09. The monoisotopic (exact) mass is 417 g/mol. The van der Waals surface area contributed by atoms with Crippen LogP contribution in [0, 0.1) is 13.8 Å². The Bertz CT molecular complexity index is 1100. The average molecular weight is 418 g/mol. The van der Waals surface area contributed by atoms with Gasteiger partial charge in [-0.25, -0.2) is 13.1 Å². The summed E-state index contributed by atoms with van der Waals surface area (Å²) < 4.78 is 27.3. The zero-order valence-electron chi connectivity index (χ0n) is 16.2. The molecule has 1 aliphatic rings. The van der Waals surface area contributed by atoms with Crippen LogP contribution in [0.3, 0.4) is 0 Å². The first kappa shape index (κ1) is 19.2. The van der Waals surface area contributed by atoms with Crippen molar-refractivity contribution in [2.75, 3.05) is 11.5 Å². The molecule has 1 fully saturated rings. The van der Waals surface area contributed by atoms with E-state index < -0.39 is 9.84 Å². The Hall–Kier alpha value is -2.13. The molecule has 2 aromatic heterocycles. The fraction of sp³-hybridized carbons (Fsp3) is 0.421. The molecule has 1 aromatic carbocycles. The van der Waals surface area contributed by atoms with Crippen LogP contribution in [0.2, 0.25) is 0 Å². The summed E-state index contributed by atoms with van der Waals surface area (Å²) in [7, 11) is -1.02. The van der Waals surface area contributed by atoms with E-state index in [2.05, 4.69) is 45.6 Å². The topological polar surface area (TPSA) is 82.7 Å². The van der Waals surface area contributed by atoms with Crippen molar-refractivity contribution in [1.82, 2.24) is 24.5 Å². The summed E-state index contributed by atoms with van der Waals surface area (Å²) in [5.41, 5.74) is 4.34. The second-order valence-corrected chi connectivity index (χ2v) is 10.5. The average Bonchev–Trinajstić information content (AvgIpc) is 3.30. The SMILES string of the molecule is Cc1cc(C)n(-c2ccc(CSc3nnc(C4CCS(=O)(=O)C4)n3C)cc2)n1. The third-order valence-corrected chi connectivity index (χ3v) is 7.88. The van der Waals surface area contributed by atoms with Crippen LogP contribution in [0.5, 0.6) is 0 Å². The number of aryl methyl sites for hydroxylation is 2. The maximum Gasteiger partial charge on any atom is 0.191 e. The Labute approximate surface area is 169 Å². The van der Waals surface area contributed by atoms with Gasteiger partial charge in [-0.3, -0.25) is 0 Å². The van der Waals surface area contributed by atoms with Crippen molar-refractivity contribution in [2.45, 2.75) is 37.1 Å².